The molecule has 90 valence electrons. The van der Waals surface area contributed by atoms with Gasteiger partial charge in [0.2, 0.25) is 0 Å². The molecule has 3 saturated carbocycles. The van der Waals surface area contributed by atoms with Crippen LogP contribution in [0.3, 0.4) is 0 Å². The Balaban J connectivity index is 1.78. The molecule has 0 aromatic carbocycles. The molecule has 0 spiro atoms. The van der Waals surface area contributed by atoms with Gasteiger partial charge in [-0.2, -0.15) is 0 Å². The molecule has 3 fully saturated rings. The van der Waals surface area contributed by atoms with Gasteiger partial charge >= 0.3 is 5.97 Å². The number of carbonyl (C=O) groups is 1. The zero-order chi connectivity index (χ0) is 11.3. The standard InChI is InChI=1S/C13H20O3/c14-7-13(6-12(15)16)4-10-8-1-2-9(3-8)11(10)5-13/h8-11,14H,1-7H2,(H,15,16). The number of rotatable bonds is 3. The summed E-state index contributed by atoms with van der Waals surface area (Å²) in [7, 11) is 0. The fourth-order valence-corrected chi connectivity index (χ4v) is 4.90. The first-order valence-electron chi connectivity index (χ1n) is 6.46. The molecule has 0 aliphatic heterocycles. The Morgan fingerprint density at radius 1 is 1.19 bits per heavy atom. The second kappa shape index (κ2) is 3.46. The van der Waals surface area contributed by atoms with Gasteiger partial charge in [-0.3, -0.25) is 4.79 Å². The lowest BCUT2D eigenvalue weighted by atomic mass is 9.80. The van der Waals surface area contributed by atoms with Gasteiger partial charge in [0.15, 0.2) is 0 Å². The quantitative estimate of drug-likeness (QED) is 0.769. The van der Waals surface area contributed by atoms with E-state index in [1.165, 1.54) is 19.3 Å². The predicted octanol–water partition coefficient (Wildman–Crippen LogP) is 1.90. The molecule has 3 aliphatic rings. The van der Waals surface area contributed by atoms with Crippen molar-refractivity contribution in [2.24, 2.45) is 29.1 Å². The van der Waals surface area contributed by atoms with Crippen LogP contribution in [0, 0.1) is 29.1 Å². The van der Waals surface area contributed by atoms with Gasteiger partial charge in [0, 0.05) is 12.0 Å². The Morgan fingerprint density at radius 3 is 2.19 bits per heavy atom. The van der Waals surface area contributed by atoms with Crippen molar-refractivity contribution in [3.8, 4) is 0 Å². The van der Waals surface area contributed by atoms with Gasteiger partial charge in [-0.1, -0.05) is 0 Å². The first kappa shape index (κ1) is 10.6. The van der Waals surface area contributed by atoms with Crippen LogP contribution in [0.25, 0.3) is 0 Å². The van der Waals surface area contributed by atoms with E-state index in [0.717, 1.165) is 36.5 Å². The number of aliphatic hydroxyl groups is 1. The molecular weight excluding hydrogens is 204 g/mol. The van der Waals surface area contributed by atoms with E-state index >= 15 is 0 Å². The molecular formula is C13H20O3. The second-order valence-corrected chi connectivity index (χ2v) is 6.30. The molecule has 0 aromatic heterocycles. The Bertz CT molecular complexity index is 294. The highest BCUT2D eigenvalue weighted by molar-refractivity contribution is 5.67. The highest BCUT2D eigenvalue weighted by Crippen LogP contribution is 2.63. The summed E-state index contributed by atoms with van der Waals surface area (Å²) in [5, 5.41) is 18.5. The lowest BCUT2D eigenvalue weighted by Crippen LogP contribution is -2.27. The van der Waals surface area contributed by atoms with Crippen molar-refractivity contribution in [2.75, 3.05) is 6.61 Å². The summed E-state index contributed by atoms with van der Waals surface area (Å²) >= 11 is 0. The SMILES string of the molecule is O=C(O)CC1(CO)CC2C3CCC(C3)C2C1. The minimum absolute atomic E-state index is 0.0613. The molecule has 2 N–H and O–H groups in total. The molecule has 0 amide bonds. The molecule has 3 aliphatic carbocycles. The van der Waals surface area contributed by atoms with Crippen LogP contribution in [0.15, 0.2) is 0 Å². The van der Waals surface area contributed by atoms with Crippen molar-refractivity contribution < 1.29 is 15.0 Å². The average molecular weight is 224 g/mol. The Morgan fingerprint density at radius 2 is 1.75 bits per heavy atom. The molecule has 4 unspecified atom stereocenters. The van der Waals surface area contributed by atoms with Crippen molar-refractivity contribution in [1.29, 1.82) is 0 Å². The van der Waals surface area contributed by atoms with Crippen molar-refractivity contribution in [1.82, 2.24) is 0 Å². The van der Waals surface area contributed by atoms with Gasteiger partial charge in [0.05, 0.1) is 6.42 Å². The fraction of sp³-hybridized carbons (Fsp3) is 0.923. The molecule has 16 heavy (non-hydrogen) atoms. The van der Waals surface area contributed by atoms with Crippen LogP contribution in [0.2, 0.25) is 0 Å². The number of carboxylic acids is 1. The summed E-state index contributed by atoms with van der Waals surface area (Å²) in [6, 6.07) is 0. The van der Waals surface area contributed by atoms with Crippen molar-refractivity contribution in [2.45, 2.75) is 38.5 Å². The highest BCUT2D eigenvalue weighted by Gasteiger charge is 2.56. The van der Waals surface area contributed by atoms with E-state index in [0.29, 0.717) is 0 Å². The van der Waals surface area contributed by atoms with Gasteiger partial charge in [0.25, 0.3) is 0 Å². The Labute approximate surface area is 95.9 Å². The largest absolute Gasteiger partial charge is 0.481 e. The highest BCUT2D eigenvalue weighted by atomic mass is 16.4. The number of carboxylic acid groups (broad SMARTS) is 1. The van der Waals surface area contributed by atoms with Gasteiger partial charge in [-0.25, -0.2) is 0 Å². The number of aliphatic carboxylic acids is 1. The normalized spacial score (nSPS) is 49.6. The minimum atomic E-state index is -0.749. The van der Waals surface area contributed by atoms with Crippen LogP contribution in [0.5, 0.6) is 0 Å². The molecule has 0 heterocycles. The zero-order valence-corrected chi connectivity index (χ0v) is 9.56. The summed E-state index contributed by atoms with van der Waals surface area (Å²) < 4.78 is 0. The van der Waals surface area contributed by atoms with Crippen LogP contribution >= 0.6 is 0 Å². The summed E-state index contributed by atoms with van der Waals surface area (Å²) in [6.45, 7) is 0.0613. The molecule has 0 radical (unpaired) electrons. The van der Waals surface area contributed by atoms with E-state index in [9.17, 15) is 9.90 Å². The molecule has 3 rings (SSSR count). The van der Waals surface area contributed by atoms with E-state index in [2.05, 4.69) is 0 Å². The maximum absolute atomic E-state index is 10.9. The van der Waals surface area contributed by atoms with Crippen molar-refractivity contribution in [3.63, 3.8) is 0 Å². The summed E-state index contributed by atoms with van der Waals surface area (Å²) in [4.78, 5) is 10.9. The van der Waals surface area contributed by atoms with Gasteiger partial charge in [0.1, 0.15) is 0 Å². The number of hydrogen-bond donors (Lipinski definition) is 2. The third-order valence-corrected chi connectivity index (χ3v) is 5.47. The molecule has 2 bridgehead atoms. The minimum Gasteiger partial charge on any atom is -0.481 e. The summed E-state index contributed by atoms with van der Waals surface area (Å²) in [5.41, 5.74) is -0.289. The van der Waals surface area contributed by atoms with Gasteiger partial charge < -0.3 is 10.2 Å². The molecule has 0 saturated heterocycles. The third kappa shape index (κ3) is 1.41. The monoisotopic (exact) mass is 224 g/mol. The van der Waals surface area contributed by atoms with Crippen molar-refractivity contribution >= 4 is 5.97 Å². The Hall–Kier alpha value is -0.570. The third-order valence-electron chi connectivity index (χ3n) is 5.47. The van der Waals surface area contributed by atoms with Crippen LogP contribution in [-0.2, 0) is 4.79 Å². The molecule has 4 atom stereocenters. The van der Waals surface area contributed by atoms with Crippen LogP contribution < -0.4 is 0 Å². The van der Waals surface area contributed by atoms with E-state index < -0.39 is 5.97 Å². The topological polar surface area (TPSA) is 57.5 Å². The number of aliphatic hydroxyl groups excluding tert-OH is 1. The maximum Gasteiger partial charge on any atom is 0.303 e. The van der Waals surface area contributed by atoms with Gasteiger partial charge in [-0.15, -0.1) is 0 Å². The van der Waals surface area contributed by atoms with E-state index in [4.69, 9.17) is 5.11 Å². The van der Waals surface area contributed by atoms with Crippen LogP contribution in [0.1, 0.15) is 38.5 Å². The number of hydrogen-bond acceptors (Lipinski definition) is 2. The first-order chi connectivity index (χ1) is 7.63. The van der Waals surface area contributed by atoms with E-state index in [-0.39, 0.29) is 18.4 Å². The number of fused-ring (bicyclic) bond motifs is 5. The fourth-order valence-electron chi connectivity index (χ4n) is 4.90. The zero-order valence-electron chi connectivity index (χ0n) is 9.56. The van der Waals surface area contributed by atoms with Crippen LogP contribution in [-0.4, -0.2) is 22.8 Å². The smallest absolute Gasteiger partial charge is 0.303 e. The average Bonchev–Trinajstić information content (AvgIpc) is 2.85. The summed E-state index contributed by atoms with van der Waals surface area (Å²) in [6.07, 6.45) is 6.16. The van der Waals surface area contributed by atoms with Gasteiger partial charge in [-0.05, 0) is 55.8 Å². The van der Waals surface area contributed by atoms with Crippen molar-refractivity contribution in [3.05, 3.63) is 0 Å². The van der Waals surface area contributed by atoms with E-state index in [1.807, 2.05) is 0 Å². The lowest BCUT2D eigenvalue weighted by molar-refractivity contribution is -0.140. The van der Waals surface area contributed by atoms with E-state index in [1.54, 1.807) is 0 Å². The lowest BCUT2D eigenvalue weighted by Gasteiger charge is -2.26. The molecule has 3 heteroatoms. The first-order valence-corrected chi connectivity index (χ1v) is 6.46. The Kier molecular flexibility index (Phi) is 2.29. The summed E-state index contributed by atoms with van der Waals surface area (Å²) in [5.74, 6) is 2.39. The maximum atomic E-state index is 10.9. The van der Waals surface area contributed by atoms with Crippen LogP contribution in [0.4, 0.5) is 0 Å². The predicted molar refractivity (Wildman–Crippen MR) is 58.8 cm³/mol. The molecule has 0 aromatic rings. The molecule has 3 nitrogen and oxygen atoms in total. The second-order valence-electron chi connectivity index (χ2n) is 6.30.